The smallest absolute Gasteiger partial charge is 0.341 e. The third kappa shape index (κ3) is 1.85. The molecule has 1 aromatic rings. The minimum absolute atomic E-state index is 0.345. The van der Waals surface area contributed by atoms with E-state index < -0.39 is 0 Å². The largest absolute Gasteiger partial charge is 0.465 e. The van der Waals surface area contributed by atoms with E-state index in [1.165, 1.54) is 18.4 Å². The van der Waals surface area contributed by atoms with Crippen LogP contribution in [0.5, 0.6) is 0 Å². The van der Waals surface area contributed by atoms with Crippen LogP contribution in [0.3, 0.4) is 0 Å². The zero-order chi connectivity index (χ0) is 11.7. The van der Waals surface area contributed by atoms with E-state index in [1.807, 2.05) is 0 Å². The quantitative estimate of drug-likeness (QED) is 0.619. The number of nitrogens with two attached hydrogens (primary N) is 1. The molecule has 0 unspecified atom stereocenters. The van der Waals surface area contributed by atoms with Crippen molar-refractivity contribution in [3.8, 4) is 0 Å². The molecule has 2 rings (SSSR count). The molecule has 86 valence electrons. The second-order valence-electron chi connectivity index (χ2n) is 3.78. The molecule has 16 heavy (non-hydrogen) atoms. The average Bonchev–Trinajstić information content (AvgIpc) is 2.28. The molecule has 0 amide bonds. The van der Waals surface area contributed by atoms with E-state index in [-0.39, 0.29) is 5.97 Å². The number of ether oxygens (including phenoxy) is 1. The maximum atomic E-state index is 11.7. The molecule has 0 fully saturated rings. The Kier molecular flexibility index (Phi) is 3.25. The molecule has 0 atom stereocenters. The summed E-state index contributed by atoms with van der Waals surface area (Å²) in [6.07, 6.45) is 4.05. The van der Waals surface area contributed by atoms with E-state index in [0.717, 1.165) is 40.6 Å². The third-order valence-corrected chi connectivity index (χ3v) is 4.21. The van der Waals surface area contributed by atoms with Gasteiger partial charge in [-0.05, 0) is 36.8 Å². The lowest BCUT2D eigenvalue weighted by Gasteiger charge is -2.19. The molecule has 0 aliphatic heterocycles. The van der Waals surface area contributed by atoms with Gasteiger partial charge in [-0.3, -0.25) is 0 Å². The predicted molar refractivity (Wildman–Crippen MR) is 67.5 cm³/mol. The van der Waals surface area contributed by atoms with Crippen LogP contribution in [0, 0.1) is 3.82 Å². The summed E-state index contributed by atoms with van der Waals surface area (Å²) in [5.41, 5.74) is 8.55. The predicted octanol–water partition coefficient (Wildman–Crippen LogP) is 2.73. The van der Waals surface area contributed by atoms with Crippen molar-refractivity contribution in [3.05, 3.63) is 20.5 Å². The van der Waals surface area contributed by atoms with Crippen LogP contribution in [-0.2, 0) is 17.6 Å². The van der Waals surface area contributed by atoms with E-state index in [1.54, 1.807) is 0 Å². The number of carbonyl (C=O) groups is 1. The molecule has 1 aliphatic carbocycles. The summed E-state index contributed by atoms with van der Waals surface area (Å²) >= 11 is 6.60. The van der Waals surface area contributed by atoms with Gasteiger partial charge >= 0.3 is 5.97 Å². The van der Waals surface area contributed by atoms with E-state index in [2.05, 4.69) is 0 Å². The van der Waals surface area contributed by atoms with Crippen molar-refractivity contribution < 1.29 is 9.53 Å². The monoisotopic (exact) mass is 255 g/mol. The number of hydrogen-bond acceptors (Lipinski definition) is 5. The Morgan fingerprint density at radius 3 is 2.62 bits per heavy atom. The third-order valence-electron chi connectivity index (χ3n) is 2.85. The Labute approximate surface area is 103 Å². The lowest BCUT2D eigenvalue weighted by atomic mass is 9.91. The van der Waals surface area contributed by atoms with Gasteiger partial charge in [0.1, 0.15) is 5.00 Å². The molecule has 0 radical (unpaired) electrons. The van der Waals surface area contributed by atoms with Crippen LogP contribution < -0.4 is 5.73 Å². The van der Waals surface area contributed by atoms with Crippen LogP contribution in [0.1, 0.15) is 34.3 Å². The molecule has 3 nitrogen and oxygen atoms in total. The molecule has 2 N–H and O–H groups in total. The SMILES string of the molecule is COC(=O)c1c(N)sc(=S)c2c1CCCC2. The van der Waals surface area contributed by atoms with Gasteiger partial charge in [-0.1, -0.05) is 12.2 Å². The Morgan fingerprint density at radius 2 is 2.00 bits per heavy atom. The van der Waals surface area contributed by atoms with Crippen molar-refractivity contribution in [2.75, 3.05) is 12.8 Å². The molecule has 0 saturated carbocycles. The van der Waals surface area contributed by atoms with Crippen molar-refractivity contribution in [1.82, 2.24) is 0 Å². The fraction of sp³-hybridized carbons (Fsp3) is 0.455. The number of nitrogen functional groups attached to an aromatic ring is 1. The first-order valence-electron chi connectivity index (χ1n) is 5.17. The Balaban J connectivity index is 2.68. The summed E-state index contributed by atoms with van der Waals surface area (Å²) in [6.45, 7) is 0. The second kappa shape index (κ2) is 4.51. The second-order valence-corrected chi connectivity index (χ2v) is 5.50. The number of fused-ring (bicyclic) bond motifs is 1. The van der Waals surface area contributed by atoms with Gasteiger partial charge in [-0.2, -0.15) is 0 Å². The maximum Gasteiger partial charge on any atom is 0.341 e. The Hall–Kier alpha value is -0.940. The molecular weight excluding hydrogens is 242 g/mol. The molecule has 0 spiro atoms. The number of rotatable bonds is 1. The van der Waals surface area contributed by atoms with Crippen molar-refractivity contribution in [2.24, 2.45) is 0 Å². The fourth-order valence-electron chi connectivity index (χ4n) is 2.09. The summed E-state index contributed by atoms with van der Waals surface area (Å²) in [5, 5.41) is 0.484. The van der Waals surface area contributed by atoms with E-state index in [9.17, 15) is 4.79 Å². The van der Waals surface area contributed by atoms with Crippen molar-refractivity contribution in [3.63, 3.8) is 0 Å². The first-order valence-corrected chi connectivity index (χ1v) is 6.40. The van der Waals surface area contributed by atoms with Crippen LogP contribution in [0.25, 0.3) is 0 Å². The van der Waals surface area contributed by atoms with Crippen molar-refractivity contribution >= 4 is 34.5 Å². The zero-order valence-corrected chi connectivity index (χ0v) is 10.7. The summed E-state index contributed by atoms with van der Waals surface area (Å²) in [6, 6.07) is 0. The highest BCUT2D eigenvalue weighted by Crippen LogP contribution is 2.33. The molecular formula is C11H13NO2S2. The number of carbonyl (C=O) groups excluding carboxylic acids is 1. The number of esters is 1. The minimum atomic E-state index is -0.345. The normalized spacial score (nSPS) is 14.3. The van der Waals surface area contributed by atoms with Crippen LogP contribution in [0.15, 0.2) is 0 Å². The maximum absolute atomic E-state index is 11.7. The fourth-order valence-corrected chi connectivity index (χ4v) is 3.44. The lowest BCUT2D eigenvalue weighted by molar-refractivity contribution is 0.0600. The summed E-state index contributed by atoms with van der Waals surface area (Å²) in [7, 11) is 1.38. The van der Waals surface area contributed by atoms with Crippen LogP contribution in [0.2, 0.25) is 0 Å². The van der Waals surface area contributed by atoms with E-state index in [4.69, 9.17) is 22.7 Å². The topological polar surface area (TPSA) is 52.3 Å². The average molecular weight is 255 g/mol. The summed E-state index contributed by atoms with van der Waals surface area (Å²) in [4.78, 5) is 11.7. The van der Waals surface area contributed by atoms with Gasteiger partial charge in [-0.25, -0.2) is 4.79 Å². The highest BCUT2D eigenvalue weighted by Gasteiger charge is 2.22. The first-order chi connectivity index (χ1) is 7.65. The van der Waals surface area contributed by atoms with E-state index >= 15 is 0 Å². The van der Waals surface area contributed by atoms with Gasteiger partial charge in [0.05, 0.1) is 16.5 Å². The van der Waals surface area contributed by atoms with Gasteiger partial charge in [0.2, 0.25) is 0 Å². The number of methoxy groups -OCH3 is 1. The zero-order valence-electron chi connectivity index (χ0n) is 9.04. The van der Waals surface area contributed by atoms with Gasteiger partial charge in [0.25, 0.3) is 0 Å². The number of anilines is 1. The molecule has 5 heteroatoms. The van der Waals surface area contributed by atoms with Crippen LogP contribution in [-0.4, -0.2) is 13.1 Å². The Morgan fingerprint density at radius 1 is 1.38 bits per heavy atom. The van der Waals surface area contributed by atoms with E-state index in [0.29, 0.717) is 10.6 Å². The van der Waals surface area contributed by atoms with Gasteiger partial charge in [-0.15, -0.1) is 11.3 Å². The highest BCUT2D eigenvalue weighted by molar-refractivity contribution is 7.73. The number of hydrogen-bond donors (Lipinski definition) is 1. The van der Waals surface area contributed by atoms with Crippen molar-refractivity contribution in [2.45, 2.75) is 25.7 Å². The molecule has 0 saturated heterocycles. The molecule has 1 aliphatic rings. The minimum Gasteiger partial charge on any atom is -0.465 e. The molecule has 1 heterocycles. The van der Waals surface area contributed by atoms with Crippen molar-refractivity contribution in [1.29, 1.82) is 0 Å². The molecule has 0 aromatic carbocycles. The standard InChI is InChI=1S/C11H13NO2S2/c1-14-10(13)8-6-4-2-3-5-7(6)11(15)16-9(8)12/h2-5,12H2,1H3. The van der Waals surface area contributed by atoms with Gasteiger partial charge in [0.15, 0.2) is 0 Å². The first kappa shape index (κ1) is 11.5. The lowest BCUT2D eigenvalue weighted by Crippen LogP contribution is -2.14. The van der Waals surface area contributed by atoms with Gasteiger partial charge < -0.3 is 10.5 Å². The van der Waals surface area contributed by atoms with Gasteiger partial charge in [0, 0.05) is 0 Å². The molecule has 1 aromatic heterocycles. The summed E-state index contributed by atoms with van der Waals surface area (Å²) < 4.78 is 5.60. The molecule has 0 bridgehead atoms. The Bertz CT molecular complexity index is 493. The van der Waals surface area contributed by atoms with Crippen LogP contribution >= 0.6 is 23.6 Å². The summed E-state index contributed by atoms with van der Waals surface area (Å²) in [5.74, 6) is -0.345. The highest BCUT2D eigenvalue weighted by atomic mass is 32.1. The van der Waals surface area contributed by atoms with Crippen LogP contribution in [0.4, 0.5) is 5.00 Å².